The molecule has 276 valence electrons. The van der Waals surface area contributed by atoms with E-state index in [-0.39, 0.29) is 11.9 Å². The van der Waals surface area contributed by atoms with Gasteiger partial charge in [-0.1, -0.05) is 192 Å². The van der Waals surface area contributed by atoms with Crippen molar-refractivity contribution in [3.05, 3.63) is 24.3 Å². The van der Waals surface area contributed by atoms with Crippen LogP contribution < -0.4 is 0 Å². The quantitative estimate of drug-likeness (QED) is 0.0287. The largest absolute Gasteiger partial charge is 0.393 e. The molecule has 0 radical (unpaired) electrons. The molecule has 0 saturated heterocycles. The van der Waals surface area contributed by atoms with Gasteiger partial charge in [0.15, 0.2) is 0 Å². The van der Waals surface area contributed by atoms with Crippen LogP contribution in [-0.4, -0.2) is 11.9 Å². The fourth-order valence-corrected chi connectivity index (χ4v) is 6.32. The van der Waals surface area contributed by atoms with E-state index >= 15 is 0 Å². The van der Waals surface area contributed by atoms with Gasteiger partial charge in [-0.05, 0) is 64.2 Å². The number of rotatable bonds is 38. The van der Waals surface area contributed by atoms with Crippen molar-refractivity contribution < 1.29 is 14.3 Å². The molecule has 0 spiro atoms. The molecule has 0 aromatic carbocycles. The zero-order valence-corrected chi connectivity index (χ0v) is 32.0. The Kier molecular flexibility index (Phi) is 39.6. The number of carbonyl (C=O) groups excluding carboxylic acids is 2. The standard InChI is InChI=1S/C44H82O3/c1-3-5-7-9-11-13-15-17-19-21-23-25-27-29-31-33-35-37-39-41-43(45)47-44(46)42-40-38-36-34-32-30-28-26-24-22-20-18-16-14-12-10-8-6-4-2/h17-20H,3-16,21-42H2,1-2H3. The zero-order valence-electron chi connectivity index (χ0n) is 32.0. The van der Waals surface area contributed by atoms with Crippen LogP contribution >= 0.6 is 0 Å². The van der Waals surface area contributed by atoms with Gasteiger partial charge in [0, 0.05) is 12.8 Å². The highest BCUT2D eigenvalue weighted by atomic mass is 16.6. The Morgan fingerprint density at radius 1 is 0.319 bits per heavy atom. The van der Waals surface area contributed by atoms with Crippen molar-refractivity contribution in [3.8, 4) is 0 Å². The van der Waals surface area contributed by atoms with Crippen LogP contribution in [0.15, 0.2) is 24.3 Å². The average molecular weight is 659 g/mol. The van der Waals surface area contributed by atoms with E-state index in [1.54, 1.807) is 0 Å². The van der Waals surface area contributed by atoms with Gasteiger partial charge in [-0.3, -0.25) is 9.59 Å². The molecule has 0 atom stereocenters. The SMILES string of the molecule is CCCCCCCCC=CCCCCCCCCCCCC(=O)OC(=O)CCCCCCCCCCCC=CCCCCCCCC. The summed E-state index contributed by atoms with van der Waals surface area (Å²) in [7, 11) is 0. The van der Waals surface area contributed by atoms with Crippen LogP contribution in [0.3, 0.4) is 0 Å². The van der Waals surface area contributed by atoms with Crippen LogP contribution in [-0.2, 0) is 14.3 Å². The summed E-state index contributed by atoms with van der Waals surface area (Å²) in [4.78, 5) is 24.0. The lowest BCUT2D eigenvalue weighted by atomic mass is 10.1. The number of carbonyl (C=O) groups is 2. The first kappa shape index (κ1) is 45.6. The van der Waals surface area contributed by atoms with Gasteiger partial charge in [-0.2, -0.15) is 0 Å². The summed E-state index contributed by atoms with van der Waals surface area (Å²) in [6, 6.07) is 0. The van der Waals surface area contributed by atoms with Gasteiger partial charge in [0.2, 0.25) is 0 Å². The summed E-state index contributed by atoms with van der Waals surface area (Å²) in [6.45, 7) is 4.55. The molecule has 0 fully saturated rings. The Morgan fingerprint density at radius 2 is 0.532 bits per heavy atom. The second-order valence-electron chi connectivity index (χ2n) is 14.3. The molecule has 0 heterocycles. The lowest BCUT2D eigenvalue weighted by molar-refractivity contribution is -0.159. The van der Waals surface area contributed by atoms with Crippen molar-refractivity contribution in [2.24, 2.45) is 0 Å². The molecular formula is C44H82O3. The molecule has 0 aliphatic rings. The summed E-state index contributed by atoms with van der Waals surface area (Å²) in [6.07, 6.45) is 53.9. The molecule has 0 saturated carbocycles. The minimum absolute atomic E-state index is 0.329. The number of ether oxygens (including phenoxy) is 1. The lowest BCUT2D eigenvalue weighted by Gasteiger charge is -2.04. The predicted octanol–water partition coefficient (Wildman–Crippen LogP) is 15.3. The molecule has 0 amide bonds. The molecule has 0 aromatic heterocycles. The average Bonchev–Trinajstić information content (AvgIpc) is 3.06. The van der Waals surface area contributed by atoms with Crippen LogP contribution in [0.5, 0.6) is 0 Å². The first-order chi connectivity index (χ1) is 23.2. The van der Waals surface area contributed by atoms with Crippen molar-refractivity contribution >= 4 is 11.9 Å². The van der Waals surface area contributed by atoms with Crippen molar-refractivity contribution in [2.45, 2.75) is 245 Å². The zero-order chi connectivity index (χ0) is 34.1. The second-order valence-corrected chi connectivity index (χ2v) is 14.3. The minimum atomic E-state index is -0.329. The molecule has 3 heteroatoms. The van der Waals surface area contributed by atoms with Gasteiger partial charge < -0.3 is 4.74 Å². The monoisotopic (exact) mass is 659 g/mol. The van der Waals surface area contributed by atoms with Gasteiger partial charge in [-0.15, -0.1) is 0 Å². The van der Waals surface area contributed by atoms with E-state index in [0.29, 0.717) is 12.8 Å². The third kappa shape index (κ3) is 40.7. The highest BCUT2D eigenvalue weighted by molar-refractivity contribution is 5.85. The highest BCUT2D eigenvalue weighted by Crippen LogP contribution is 2.15. The summed E-state index contributed by atoms with van der Waals surface area (Å²) < 4.78 is 5.04. The minimum Gasteiger partial charge on any atom is -0.393 e. The Balaban J connectivity index is 3.32. The van der Waals surface area contributed by atoms with Gasteiger partial charge in [0.1, 0.15) is 0 Å². The van der Waals surface area contributed by atoms with Gasteiger partial charge >= 0.3 is 11.9 Å². The maximum Gasteiger partial charge on any atom is 0.313 e. The second kappa shape index (κ2) is 40.8. The van der Waals surface area contributed by atoms with E-state index in [9.17, 15) is 9.59 Å². The first-order valence-electron chi connectivity index (χ1n) is 21.2. The Hall–Kier alpha value is -1.38. The van der Waals surface area contributed by atoms with Crippen LogP contribution in [0.1, 0.15) is 245 Å². The Morgan fingerprint density at radius 3 is 0.787 bits per heavy atom. The molecule has 0 aliphatic heterocycles. The maximum absolute atomic E-state index is 12.0. The number of hydrogen-bond acceptors (Lipinski definition) is 3. The van der Waals surface area contributed by atoms with E-state index in [2.05, 4.69) is 38.2 Å². The third-order valence-electron chi connectivity index (χ3n) is 9.51. The molecule has 0 N–H and O–H groups in total. The molecule has 0 unspecified atom stereocenters. The summed E-state index contributed by atoms with van der Waals surface area (Å²) in [5.41, 5.74) is 0. The number of unbranched alkanes of at least 4 members (excludes halogenated alkanes) is 30. The maximum atomic E-state index is 12.0. The molecule has 3 nitrogen and oxygen atoms in total. The van der Waals surface area contributed by atoms with E-state index in [1.165, 1.54) is 193 Å². The van der Waals surface area contributed by atoms with Crippen LogP contribution in [0.25, 0.3) is 0 Å². The molecule has 0 bridgehead atoms. The van der Waals surface area contributed by atoms with Crippen molar-refractivity contribution in [1.82, 2.24) is 0 Å². The fraction of sp³-hybridized carbons (Fsp3) is 0.864. The summed E-state index contributed by atoms with van der Waals surface area (Å²) in [5, 5.41) is 0. The number of hydrogen-bond donors (Lipinski definition) is 0. The van der Waals surface area contributed by atoms with Gasteiger partial charge in [0.25, 0.3) is 0 Å². The molecular weight excluding hydrogens is 576 g/mol. The summed E-state index contributed by atoms with van der Waals surface area (Å²) >= 11 is 0. The van der Waals surface area contributed by atoms with Crippen molar-refractivity contribution in [3.63, 3.8) is 0 Å². The Bertz CT molecular complexity index is 636. The summed E-state index contributed by atoms with van der Waals surface area (Å²) in [5.74, 6) is -0.659. The number of allylic oxidation sites excluding steroid dienone is 4. The fourth-order valence-electron chi connectivity index (χ4n) is 6.32. The van der Waals surface area contributed by atoms with Gasteiger partial charge in [-0.25, -0.2) is 0 Å². The van der Waals surface area contributed by atoms with E-state index in [1.807, 2.05) is 0 Å². The van der Waals surface area contributed by atoms with Crippen LogP contribution in [0, 0.1) is 0 Å². The topological polar surface area (TPSA) is 43.4 Å². The molecule has 0 rings (SSSR count). The number of esters is 2. The van der Waals surface area contributed by atoms with Crippen molar-refractivity contribution in [2.75, 3.05) is 0 Å². The molecule has 0 aliphatic carbocycles. The highest BCUT2D eigenvalue weighted by Gasteiger charge is 2.10. The predicted molar refractivity (Wildman–Crippen MR) is 207 cm³/mol. The van der Waals surface area contributed by atoms with Gasteiger partial charge in [0.05, 0.1) is 0 Å². The van der Waals surface area contributed by atoms with E-state index in [4.69, 9.17) is 4.74 Å². The van der Waals surface area contributed by atoms with Crippen LogP contribution in [0.4, 0.5) is 0 Å². The smallest absolute Gasteiger partial charge is 0.313 e. The first-order valence-corrected chi connectivity index (χ1v) is 21.2. The van der Waals surface area contributed by atoms with Crippen LogP contribution in [0.2, 0.25) is 0 Å². The van der Waals surface area contributed by atoms with E-state index in [0.717, 1.165) is 25.7 Å². The Labute approximate surface area is 294 Å². The normalized spacial score (nSPS) is 11.7. The molecule has 47 heavy (non-hydrogen) atoms. The third-order valence-corrected chi connectivity index (χ3v) is 9.51. The van der Waals surface area contributed by atoms with Crippen molar-refractivity contribution in [1.29, 1.82) is 0 Å². The lowest BCUT2D eigenvalue weighted by Crippen LogP contribution is -2.11. The van der Waals surface area contributed by atoms with E-state index < -0.39 is 0 Å². The molecule has 0 aromatic rings.